The van der Waals surface area contributed by atoms with Gasteiger partial charge in [-0.2, -0.15) is 0 Å². The number of Topliss-reactive ketones (excluding diaryl/α,β-unsaturated/α-hetero) is 1. The lowest BCUT2D eigenvalue weighted by atomic mass is 10.1. The minimum Gasteiger partial charge on any atom is -0.345 e. The highest BCUT2D eigenvalue weighted by Crippen LogP contribution is 2.11. The van der Waals surface area contributed by atoms with Gasteiger partial charge in [0.15, 0.2) is 5.78 Å². The number of rotatable bonds is 4. The van der Waals surface area contributed by atoms with E-state index in [9.17, 15) is 9.59 Å². The average molecular weight is 284 g/mol. The Morgan fingerprint density at radius 1 is 1.38 bits per heavy atom. The van der Waals surface area contributed by atoms with Crippen LogP contribution in [-0.2, 0) is 4.79 Å². The van der Waals surface area contributed by atoms with E-state index >= 15 is 0 Å². The Morgan fingerprint density at radius 3 is 2.62 bits per heavy atom. The molecular weight excluding hydrogens is 270 g/mol. The molecule has 0 saturated heterocycles. The molecule has 0 bridgehead atoms. The van der Waals surface area contributed by atoms with Gasteiger partial charge in [0.25, 0.3) is 5.91 Å². The molecule has 0 saturated carbocycles. The normalized spacial score (nSPS) is 10.2. The number of nitrogens with one attached hydrogen (secondary N) is 1. The first kappa shape index (κ1) is 12.9. The molecular formula is C12H14BrNO2. The summed E-state index contributed by atoms with van der Waals surface area (Å²) < 4.78 is 0.843. The molecule has 1 aromatic carbocycles. The maximum Gasteiger partial charge on any atom is 0.251 e. The highest BCUT2D eigenvalue weighted by molar-refractivity contribution is 9.10. The Kier molecular flexibility index (Phi) is 4.68. The zero-order valence-corrected chi connectivity index (χ0v) is 10.9. The van der Waals surface area contributed by atoms with E-state index in [2.05, 4.69) is 21.2 Å². The molecule has 3 nitrogen and oxygen atoms in total. The lowest BCUT2D eigenvalue weighted by molar-refractivity contribution is -0.120. The number of carbonyl (C=O) groups is 2. The van der Waals surface area contributed by atoms with E-state index in [4.69, 9.17) is 0 Å². The highest BCUT2D eigenvalue weighted by Gasteiger charge is 2.10. The Labute approximate surface area is 103 Å². The molecule has 86 valence electrons. The van der Waals surface area contributed by atoms with Crippen molar-refractivity contribution in [3.05, 3.63) is 34.3 Å². The summed E-state index contributed by atoms with van der Waals surface area (Å²) in [4.78, 5) is 23.0. The Balaban J connectivity index is 2.57. The van der Waals surface area contributed by atoms with Crippen LogP contribution in [0.3, 0.4) is 0 Å². The smallest absolute Gasteiger partial charge is 0.251 e. The Bertz CT molecular complexity index is 402. The van der Waals surface area contributed by atoms with Crippen molar-refractivity contribution in [2.45, 2.75) is 13.8 Å². The summed E-state index contributed by atoms with van der Waals surface area (Å²) in [5, 5.41) is 2.60. The minimum absolute atomic E-state index is 0.0309. The number of ketones is 1. The van der Waals surface area contributed by atoms with Crippen LogP contribution in [0.25, 0.3) is 0 Å². The molecule has 0 aliphatic rings. The van der Waals surface area contributed by atoms with E-state index in [0.717, 1.165) is 4.47 Å². The summed E-state index contributed by atoms with van der Waals surface area (Å²) in [6.45, 7) is 3.71. The van der Waals surface area contributed by atoms with Crippen molar-refractivity contribution < 1.29 is 9.59 Å². The fraction of sp³-hybridized carbons (Fsp3) is 0.333. The van der Waals surface area contributed by atoms with Crippen LogP contribution in [0, 0.1) is 5.92 Å². The predicted octanol–water partition coefficient (Wildman–Crippen LogP) is 2.40. The number of halogens is 1. The average Bonchev–Trinajstić information content (AvgIpc) is 2.25. The molecule has 1 rings (SSSR count). The summed E-state index contributed by atoms with van der Waals surface area (Å²) >= 11 is 3.29. The second kappa shape index (κ2) is 5.80. The number of carbonyl (C=O) groups excluding carboxylic acids is 2. The van der Waals surface area contributed by atoms with E-state index < -0.39 is 0 Å². The lowest BCUT2D eigenvalue weighted by Gasteiger charge is -2.06. The van der Waals surface area contributed by atoms with Gasteiger partial charge >= 0.3 is 0 Å². The summed E-state index contributed by atoms with van der Waals surface area (Å²) in [5.41, 5.74) is 0.547. The summed E-state index contributed by atoms with van der Waals surface area (Å²) in [5.74, 6) is -0.249. The molecule has 1 N–H and O–H groups in total. The fourth-order valence-corrected chi connectivity index (χ4v) is 1.50. The van der Waals surface area contributed by atoms with Crippen molar-refractivity contribution in [2.24, 2.45) is 5.92 Å². The minimum atomic E-state index is -0.227. The number of hydrogen-bond acceptors (Lipinski definition) is 2. The van der Waals surface area contributed by atoms with Gasteiger partial charge in [-0.1, -0.05) is 35.8 Å². The maximum atomic E-state index is 11.6. The Hall–Kier alpha value is -1.16. The van der Waals surface area contributed by atoms with Gasteiger partial charge in [-0.25, -0.2) is 0 Å². The third kappa shape index (κ3) is 3.77. The van der Waals surface area contributed by atoms with E-state index in [1.54, 1.807) is 18.2 Å². The first-order valence-electron chi connectivity index (χ1n) is 5.07. The zero-order chi connectivity index (χ0) is 12.1. The van der Waals surface area contributed by atoms with Gasteiger partial charge in [0.1, 0.15) is 0 Å². The van der Waals surface area contributed by atoms with Gasteiger partial charge in [0.05, 0.1) is 6.54 Å². The van der Waals surface area contributed by atoms with Crippen LogP contribution in [-0.4, -0.2) is 18.2 Å². The van der Waals surface area contributed by atoms with Crippen molar-refractivity contribution in [1.82, 2.24) is 5.32 Å². The van der Waals surface area contributed by atoms with Crippen LogP contribution in [0.5, 0.6) is 0 Å². The van der Waals surface area contributed by atoms with Crippen LogP contribution >= 0.6 is 15.9 Å². The molecule has 0 spiro atoms. The number of benzene rings is 1. The number of amides is 1. The van der Waals surface area contributed by atoms with Crippen molar-refractivity contribution in [3.63, 3.8) is 0 Å². The van der Waals surface area contributed by atoms with E-state index in [1.807, 2.05) is 19.9 Å². The third-order valence-electron chi connectivity index (χ3n) is 2.15. The second-order valence-electron chi connectivity index (χ2n) is 3.81. The molecule has 16 heavy (non-hydrogen) atoms. The fourth-order valence-electron chi connectivity index (χ4n) is 1.10. The van der Waals surface area contributed by atoms with Crippen LogP contribution < -0.4 is 5.32 Å². The largest absolute Gasteiger partial charge is 0.345 e. The van der Waals surface area contributed by atoms with Gasteiger partial charge in [0.2, 0.25) is 0 Å². The molecule has 0 aliphatic heterocycles. The van der Waals surface area contributed by atoms with Gasteiger partial charge in [-0.15, -0.1) is 0 Å². The molecule has 0 aliphatic carbocycles. The molecule has 0 heterocycles. The van der Waals surface area contributed by atoms with Crippen LogP contribution in [0.2, 0.25) is 0 Å². The topological polar surface area (TPSA) is 46.2 Å². The molecule has 0 atom stereocenters. The van der Waals surface area contributed by atoms with Crippen molar-refractivity contribution in [1.29, 1.82) is 0 Å². The van der Waals surface area contributed by atoms with Crippen molar-refractivity contribution >= 4 is 27.6 Å². The first-order valence-corrected chi connectivity index (χ1v) is 5.86. The molecule has 4 heteroatoms. The monoisotopic (exact) mass is 283 g/mol. The molecule has 0 fully saturated rings. The summed E-state index contributed by atoms with van der Waals surface area (Å²) in [7, 11) is 0. The summed E-state index contributed by atoms with van der Waals surface area (Å²) in [6, 6.07) is 7.05. The summed E-state index contributed by atoms with van der Waals surface area (Å²) in [6.07, 6.45) is 0. The quantitative estimate of drug-likeness (QED) is 0.922. The van der Waals surface area contributed by atoms with E-state index in [0.29, 0.717) is 5.56 Å². The maximum absolute atomic E-state index is 11.6. The SMILES string of the molecule is CC(C)C(=O)CNC(=O)c1cccc(Br)c1. The van der Waals surface area contributed by atoms with Gasteiger partial charge in [-0.05, 0) is 18.2 Å². The standard InChI is InChI=1S/C12H14BrNO2/c1-8(2)11(15)7-14-12(16)9-4-3-5-10(13)6-9/h3-6,8H,7H2,1-2H3,(H,14,16). The van der Waals surface area contributed by atoms with Gasteiger partial charge in [-0.3, -0.25) is 9.59 Å². The molecule has 0 aromatic heterocycles. The van der Waals surface area contributed by atoms with E-state index in [-0.39, 0.29) is 24.2 Å². The molecule has 0 unspecified atom stereocenters. The van der Waals surface area contributed by atoms with Crippen LogP contribution in [0.15, 0.2) is 28.7 Å². The highest BCUT2D eigenvalue weighted by atomic mass is 79.9. The predicted molar refractivity (Wildman–Crippen MR) is 66.3 cm³/mol. The second-order valence-corrected chi connectivity index (χ2v) is 4.73. The van der Waals surface area contributed by atoms with Crippen molar-refractivity contribution in [3.8, 4) is 0 Å². The molecule has 0 radical (unpaired) electrons. The van der Waals surface area contributed by atoms with Gasteiger partial charge in [0, 0.05) is 16.0 Å². The molecule has 1 aromatic rings. The first-order chi connectivity index (χ1) is 7.50. The van der Waals surface area contributed by atoms with E-state index in [1.165, 1.54) is 0 Å². The third-order valence-corrected chi connectivity index (χ3v) is 2.65. The number of hydrogen-bond donors (Lipinski definition) is 1. The Morgan fingerprint density at radius 2 is 2.06 bits per heavy atom. The van der Waals surface area contributed by atoms with Gasteiger partial charge < -0.3 is 5.32 Å². The zero-order valence-electron chi connectivity index (χ0n) is 9.29. The van der Waals surface area contributed by atoms with Crippen LogP contribution in [0.4, 0.5) is 0 Å². The molecule has 1 amide bonds. The van der Waals surface area contributed by atoms with Crippen molar-refractivity contribution in [2.75, 3.05) is 6.54 Å². The lowest BCUT2D eigenvalue weighted by Crippen LogP contribution is -2.31. The van der Waals surface area contributed by atoms with Crippen LogP contribution in [0.1, 0.15) is 24.2 Å².